The molecular weight excluding hydrogens is 320 g/mol. The molecule has 2 heterocycles. The Hall–Kier alpha value is -1.59. The monoisotopic (exact) mass is 346 g/mol. The third-order valence-corrected chi connectivity index (χ3v) is 5.35. The minimum atomic E-state index is 0.0212. The van der Waals surface area contributed by atoms with E-state index in [0.29, 0.717) is 0 Å². The SMILES string of the molecule is CC1CCN(Cc2sc(=O)[nH]c2-c2ccc(OC(C)C)cc2)CC1. The lowest BCUT2D eigenvalue weighted by atomic mass is 9.99. The Balaban J connectivity index is 1.77. The normalized spacial score (nSPS) is 16.7. The summed E-state index contributed by atoms with van der Waals surface area (Å²) in [5.41, 5.74) is 2.00. The highest BCUT2D eigenvalue weighted by atomic mass is 32.1. The lowest BCUT2D eigenvalue weighted by Crippen LogP contribution is -2.32. The van der Waals surface area contributed by atoms with Crippen LogP contribution < -0.4 is 9.61 Å². The Labute approximate surface area is 147 Å². The second kappa shape index (κ2) is 7.53. The van der Waals surface area contributed by atoms with Gasteiger partial charge in [0.2, 0.25) is 0 Å². The fourth-order valence-corrected chi connectivity index (χ4v) is 4.00. The zero-order chi connectivity index (χ0) is 17.1. The van der Waals surface area contributed by atoms with Crippen molar-refractivity contribution in [3.63, 3.8) is 0 Å². The van der Waals surface area contributed by atoms with Crippen molar-refractivity contribution in [2.75, 3.05) is 13.1 Å². The van der Waals surface area contributed by atoms with Crippen molar-refractivity contribution in [1.82, 2.24) is 9.88 Å². The van der Waals surface area contributed by atoms with Crippen molar-refractivity contribution in [2.45, 2.75) is 46.3 Å². The molecular formula is C19H26N2O2S. The maximum atomic E-state index is 11.9. The number of nitrogens with one attached hydrogen (secondary N) is 1. The number of likely N-dealkylation sites (tertiary alicyclic amines) is 1. The van der Waals surface area contributed by atoms with E-state index in [1.54, 1.807) is 0 Å². The minimum Gasteiger partial charge on any atom is -0.491 e. The van der Waals surface area contributed by atoms with Crippen molar-refractivity contribution in [1.29, 1.82) is 0 Å². The molecule has 130 valence electrons. The standard InChI is InChI=1S/C19H26N2O2S/c1-13(2)23-16-6-4-15(5-7-16)18-17(24-19(22)20-18)12-21-10-8-14(3)9-11-21/h4-7,13-14H,8-12H2,1-3H3,(H,20,22). The summed E-state index contributed by atoms with van der Waals surface area (Å²) in [6, 6.07) is 7.99. The van der Waals surface area contributed by atoms with Crippen LogP contribution in [0.4, 0.5) is 0 Å². The van der Waals surface area contributed by atoms with Gasteiger partial charge in [-0.25, -0.2) is 0 Å². The summed E-state index contributed by atoms with van der Waals surface area (Å²) in [5.74, 6) is 1.68. The maximum Gasteiger partial charge on any atom is 0.305 e. The third kappa shape index (κ3) is 4.28. The molecule has 1 saturated heterocycles. The molecule has 1 aliphatic heterocycles. The van der Waals surface area contributed by atoms with E-state index >= 15 is 0 Å². The first-order valence-electron chi connectivity index (χ1n) is 8.72. The molecule has 0 bridgehead atoms. The quantitative estimate of drug-likeness (QED) is 0.886. The van der Waals surface area contributed by atoms with Crippen molar-refractivity contribution in [3.8, 4) is 17.0 Å². The zero-order valence-electron chi connectivity index (χ0n) is 14.7. The molecule has 1 aromatic carbocycles. The number of piperidine rings is 1. The minimum absolute atomic E-state index is 0.0212. The van der Waals surface area contributed by atoms with Gasteiger partial charge >= 0.3 is 4.87 Å². The predicted octanol–water partition coefficient (Wildman–Crippen LogP) is 4.12. The molecule has 0 atom stereocenters. The molecule has 0 amide bonds. The van der Waals surface area contributed by atoms with Crippen molar-refractivity contribution >= 4 is 11.3 Å². The predicted molar refractivity (Wildman–Crippen MR) is 99.8 cm³/mol. The average Bonchev–Trinajstić information content (AvgIpc) is 2.90. The average molecular weight is 346 g/mol. The molecule has 24 heavy (non-hydrogen) atoms. The van der Waals surface area contributed by atoms with Gasteiger partial charge in [0.25, 0.3) is 0 Å². The van der Waals surface area contributed by atoms with Gasteiger partial charge in [0.15, 0.2) is 0 Å². The van der Waals surface area contributed by atoms with Crippen LogP contribution in [0.1, 0.15) is 38.5 Å². The first kappa shape index (κ1) is 17.2. The van der Waals surface area contributed by atoms with Crippen LogP contribution in [0.3, 0.4) is 0 Å². The van der Waals surface area contributed by atoms with Crippen molar-refractivity contribution < 1.29 is 4.74 Å². The van der Waals surface area contributed by atoms with Gasteiger partial charge in [-0.05, 0) is 75.5 Å². The summed E-state index contributed by atoms with van der Waals surface area (Å²) >= 11 is 1.33. The summed E-state index contributed by atoms with van der Waals surface area (Å²) < 4.78 is 5.69. The fourth-order valence-electron chi connectivity index (χ4n) is 3.10. The Kier molecular flexibility index (Phi) is 5.41. The fraction of sp³-hybridized carbons (Fsp3) is 0.526. The number of rotatable bonds is 5. The lowest BCUT2D eigenvalue weighted by molar-refractivity contribution is 0.187. The molecule has 0 aliphatic carbocycles. The summed E-state index contributed by atoms with van der Waals surface area (Å²) in [7, 11) is 0. The van der Waals surface area contributed by atoms with E-state index in [4.69, 9.17) is 4.74 Å². The van der Waals surface area contributed by atoms with E-state index in [0.717, 1.165) is 47.4 Å². The van der Waals surface area contributed by atoms with E-state index < -0.39 is 0 Å². The van der Waals surface area contributed by atoms with E-state index in [9.17, 15) is 4.79 Å². The molecule has 0 saturated carbocycles. The number of H-pyrrole nitrogens is 1. The van der Waals surface area contributed by atoms with Crippen molar-refractivity contribution in [2.24, 2.45) is 5.92 Å². The number of aromatic amines is 1. The first-order valence-corrected chi connectivity index (χ1v) is 9.54. The molecule has 0 spiro atoms. The molecule has 5 heteroatoms. The second-order valence-corrected chi connectivity index (χ2v) is 8.03. The van der Waals surface area contributed by atoms with Crippen LogP contribution in [0.15, 0.2) is 29.1 Å². The zero-order valence-corrected chi connectivity index (χ0v) is 15.5. The van der Waals surface area contributed by atoms with Gasteiger partial charge < -0.3 is 9.72 Å². The van der Waals surface area contributed by atoms with Crippen LogP contribution in [0.2, 0.25) is 0 Å². The van der Waals surface area contributed by atoms with Gasteiger partial charge in [0.05, 0.1) is 11.8 Å². The van der Waals surface area contributed by atoms with Gasteiger partial charge in [-0.2, -0.15) is 0 Å². The number of aromatic nitrogens is 1. The Morgan fingerprint density at radius 2 is 1.92 bits per heavy atom. The largest absolute Gasteiger partial charge is 0.491 e. The Bertz CT molecular complexity index is 710. The lowest BCUT2D eigenvalue weighted by Gasteiger charge is -2.29. The van der Waals surface area contributed by atoms with Gasteiger partial charge in [0.1, 0.15) is 5.75 Å². The summed E-state index contributed by atoms with van der Waals surface area (Å²) in [4.78, 5) is 18.5. The summed E-state index contributed by atoms with van der Waals surface area (Å²) in [6.07, 6.45) is 2.65. The molecule has 3 rings (SSSR count). The molecule has 1 N–H and O–H groups in total. The topological polar surface area (TPSA) is 45.3 Å². The highest BCUT2D eigenvalue weighted by Crippen LogP contribution is 2.28. The van der Waals surface area contributed by atoms with Gasteiger partial charge in [-0.1, -0.05) is 18.3 Å². The Morgan fingerprint density at radius 1 is 1.25 bits per heavy atom. The molecule has 1 fully saturated rings. The van der Waals surface area contributed by atoms with E-state index in [1.807, 2.05) is 38.1 Å². The van der Waals surface area contributed by atoms with Crippen LogP contribution in [0.25, 0.3) is 11.3 Å². The smallest absolute Gasteiger partial charge is 0.305 e. The second-order valence-electron chi connectivity index (χ2n) is 6.96. The number of hydrogen-bond donors (Lipinski definition) is 1. The van der Waals surface area contributed by atoms with Crippen molar-refractivity contribution in [3.05, 3.63) is 38.8 Å². The Morgan fingerprint density at radius 3 is 2.54 bits per heavy atom. The van der Waals surface area contributed by atoms with Crippen LogP contribution in [-0.4, -0.2) is 29.1 Å². The third-order valence-electron chi connectivity index (χ3n) is 4.48. The van der Waals surface area contributed by atoms with Gasteiger partial charge in [0, 0.05) is 11.4 Å². The number of benzene rings is 1. The molecule has 1 aromatic heterocycles. The molecule has 4 nitrogen and oxygen atoms in total. The summed E-state index contributed by atoms with van der Waals surface area (Å²) in [6.45, 7) is 9.44. The number of ether oxygens (including phenoxy) is 1. The molecule has 2 aromatic rings. The van der Waals surface area contributed by atoms with Crippen LogP contribution in [0.5, 0.6) is 5.75 Å². The van der Waals surface area contributed by atoms with Gasteiger partial charge in [-0.3, -0.25) is 9.69 Å². The highest BCUT2D eigenvalue weighted by molar-refractivity contribution is 7.09. The van der Waals surface area contributed by atoms with Crippen LogP contribution >= 0.6 is 11.3 Å². The molecule has 1 aliphatic rings. The van der Waals surface area contributed by atoms with Crippen LogP contribution in [0, 0.1) is 5.92 Å². The van der Waals surface area contributed by atoms with E-state index in [-0.39, 0.29) is 11.0 Å². The number of thiazole rings is 1. The molecule has 0 unspecified atom stereocenters. The van der Waals surface area contributed by atoms with Gasteiger partial charge in [-0.15, -0.1) is 0 Å². The maximum absolute atomic E-state index is 11.9. The number of nitrogens with zero attached hydrogens (tertiary/aromatic N) is 1. The van der Waals surface area contributed by atoms with E-state index in [2.05, 4.69) is 16.8 Å². The first-order chi connectivity index (χ1) is 11.5. The highest BCUT2D eigenvalue weighted by Gasteiger charge is 2.19. The summed E-state index contributed by atoms with van der Waals surface area (Å²) in [5, 5.41) is 0. The molecule has 0 radical (unpaired) electrons. The van der Waals surface area contributed by atoms with E-state index in [1.165, 1.54) is 24.2 Å². The van der Waals surface area contributed by atoms with Crippen LogP contribution in [-0.2, 0) is 6.54 Å². The number of hydrogen-bond acceptors (Lipinski definition) is 4.